The van der Waals surface area contributed by atoms with Gasteiger partial charge in [-0.25, -0.2) is 0 Å². The molecule has 0 atom stereocenters. The molecule has 0 amide bonds. The summed E-state index contributed by atoms with van der Waals surface area (Å²) in [5.41, 5.74) is 0. The van der Waals surface area contributed by atoms with Gasteiger partial charge in [0.2, 0.25) is 0 Å². The van der Waals surface area contributed by atoms with E-state index in [4.69, 9.17) is 31.8 Å². The zero-order valence-corrected chi connectivity index (χ0v) is 17.7. The van der Waals surface area contributed by atoms with Crippen LogP contribution in [0.4, 0.5) is 0 Å². The molecular weight excluding hydrogens is 631 g/mol. The van der Waals surface area contributed by atoms with Crippen molar-refractivity contribution in [2.45, 2.75) is 0 Å². The zero-order chi connectivity index (χ0) is 9.00. The molecule has 0 saturated carbocycles. The first-order valence-corrected chi connectivity index (χ1v) is 5.50. The normalized spacial score (nSPS) is 8.92. The van der Waals surface area contributed by atoms with E-state index in [0.29, 0.717) is 0 Å². The Balaban J connectivity index is -0.0000000267. The maximum atomic E-state index is 8.59. The Labute approximate surface area is 149 Å². The fourth-order valence-electron chi connectivity index (χ4n) is 0. The fourth-order valence-corrected chi connectivity index (χ4v) is 0. The molecule has 13 heteroatoms. The van der Waals surface area contributed by atoms with Gasteiger partial charge in [-0.05, 0) is 0 Å². The second kappa shape index (κ2) is 13.2. The molecule has 0 unspecified atom stereocenters. The molecule has 0 heterocycles. The van der Waals surface area contributed by atoms with E-state index in [1.807, 2.05) is 0 Å². The van der Waals surface area contributed by atoms with E-state index >= 15 is 0 Å². The van der Waals surface area contributed by atoms with Gasteiger partial charge in [0.05, 0.1) is 0 Å². The molecule has 8 nitrogen and oxygen atoms in total. The van der Waals surface area contributed by atoms with E-state index in [1.165, 1.54) is 0 Å². The molecule has 0 N–H and O–H groups in total. The third-order valence-corrected chi connectivity index (χ3v) is 0. The minimum Gasteiger partial charge on any atom is 2.00 e. The van der Waals surface area contributed by atoms with Crippen LogP contribution in [0.1, 0.15) is 0 Å². The molecule has 0 fully saturated rings. The Morgan fingerprint density at radius 2 is 0.692 bits per heavy atom. The summed E-state index contributed by atoms with van der Waals surface area (Å²) in [5, 5.41) is 0. The monoisotopic (exact) mass is 633 g/mol. The van der Waals surface area contributed by atoms with Crippen LogP contribution in [0.15, 0.2) is 0 Å². The smallest absolute Gasteiger partial charge is 2.00 e. The van der Waals surface area contributed by atoms with Crippen LogP contribution >= 0.6 is 0 Å². The summed E-state index contributed by atoms with van der Waals surface area (Å²) < 4.78 is 68.8. The van der Waals surface area contributed by atoms with Gasteiger partial charge in [-0.1, -0.05) is 0 Å². The summed E-state index contributed by atoms with van der Waals surface area (Å²) in [4.78, 5) is 0. The summed E-state index contributed by atoms with van der Waals surface area (Å²) in [5.74, 6) is 0. The first-order chi connectivity index (χ1) is 4.00. The molecule has 13 heavy (non-hydrogen) atoms. The Morgan fingerprint density at radius 3 is 0.692 bits per heavy atom. The van der Waals surface area contributed by atoms with Gasteiger partial charge in [0.25, 0.3) is 0 Å². The molecular formula is BaCr2MnO8Pb+2. The second-order valence-corrected chi connectivity index (χ2v) is 3.37. The van der Waals surface area contributed by atoms with Crippen molar-refractivity contribution >= 4 is 76.2 Å². The van der Waals surface area contributed by atoms with Crippen LogP contribution in [0.3, 0.4) is 0 Å². The second-order valence-electron chi connectivity index (χ2n) is 0.816. The van der Waals surface area contributed by atoms with E-state index in [2.05, 4.69) is 0 Å². The summed E-state index contributed by atoms with van der Waals surface area (Å²) in [6, 6.07) is 0. The Hall–Kier alpha value is 3.12. The van der Waals surface area contributed by atoms with Gasteiger partial charge in [-0.2, -0.15) is 0 Å². The molecule has 0 aromatic rings. The minimum absolute atomic E-state index is 0. The van der Waals surface area contributed by atoms with Gasteiger partial charge in [0, 0.05) is 0 Å². The predicted molar refractivity (Wildman–Crippen MR) is 14.3 cm³/mol. The maximum absolute atomic E-state index is 8.59. The largest absolute Gasteiger partial charge is 2.00 e. The van der Waals surface area contributed by atoms with Gasteiger partial charge >= 0.3 is 152 Å². The summed E-state index contributed by atoms with van der Waals surface area (Å²) >= 11 is -11.5. The average molecular weight is 631 g/mol. The molecule has 0 aliphatic carbocycles. The van der Waals surface area contributed by atoms with Crippen molar-refractivity contribution in [2.24, 2.45) is 0 Å². The van der Waals surface area contributed by atoms with Gasteiger partial charge in [0.15, 0.2) is 0 Å². The van der Waals surface area contributed by atoms with Crippen LogP contribution in [0.25, 0.3) is 0 Å². The zero-order valence-electron chi connectivity index (χ0n) is 5.67. The van der Waals surface area contributed by atoms with E-state index in [9.17, 15) is 0 Å². The maximum Gasteiger partial charge on any atom is 2.00 e. The Kier molecular flexibility index (Phi) is 30.2. The Bertz CT molecular complexity index is 219. The van der Waals surface area contributed by atoms with Crippen molar-refractivity contribution in [2.75, 3.05) is 0 Å². The van der Waals surface area contributed by atoms with Crippen LogP contribution in [0, 0.1) is 0 Å². The average Bonchev–Trinajstić information content (AvgIpc) is 1.12. The standard InChI is InChI=1S/Ba.2Cr.Mn.8O.Pb/q+2;;;+2;;;;;4*-1;+2. The van der Waals surface area contributed by atoms with Crippen LogP contribution in [-0.2, 0) is 59.5 Å². The molecule has 0 bridgehead atoms. The minimum atomic E-state index is -5.75. The van der Waals surface area contributed by atoms with Gasteiger partial charge in [-0.3, -0.25) is 0 Å². The van der Waals surface area contributed by atoms with Crippen molar-refractivity contribution in [1.82, 2.24) is 0 Å². The molecule has 0 aromatic carbocycles. The first kappa shape index (κ1) is 29.8. The van der Waals surface area contributed by atoms with Crippen LogP contribution in [0.5, 0.6) is 0 Å². The topological polar surface area (TPSA) is 161 Å². The van der Waals surface area contributed by atoms with E-state index in [1.54, 1.807) is 0 Å². The fraction of sp³-hybridized carbons (Fsp3) is 0. The first-order valence-electron chi connectivity index (χ1n) is 1.33. The Morgan fingerprint density at radius 1 is 0.692 bits per heavy atom. The molecule has 0 aromatic heterocycles. The third kappa shape index (κ3) is 268. The molecule has 71 valence electrons. The summed E-state index contributed by atoms with van der Waals surface area (Å²) in [6.45, 7) is 0. The van der Waals surface area contributed by atoms with E-state index < -0.39 is 27.2 Å². The quantitative estimate of drug-likeness (QED) is 0.239. The summed E-state index contributed by atoms with van der Waals surface area (Å²) in [6.07, 6.45) is 0. The summed E-state index contributed by atoms with van der Waals surface area (Å²) in [7, 11) is 0. The molecule has 0 spiro atoms. The number of hydrogen-bond donors (Lipinski definition) is 0. The molecule has 0 saturated heterocycles. The van der Waals surface area contributed by atoms with Crippen molar-refractivity contribution in [1.29, 1.82) is 0 Å². The molecule has 0 rings (SSSR count). The van der Waals surface area contributed by atoms with Gasteiger partial charge in [0.1, 0.15) is 0 Å². The van der Waals surface area contributed by atoms with Crippen molar-refractivity contribution < 1.29 is 76.1 Å². The van der Waals surface area contributed by atoms with Crippen LogP contribution in [0.2, 0.25) is 0 Å². The van der Waals surface area contributed by atoms with Crippen LogP contribution in [-0.4, -0.2) is 76.2 Å². The van der Waals surface area contributed by atoms with Crippen molar-refractivity contribution in [3.05, 3.63) is 0 Å². The molecule has 0 aliphatic rings. The van der Waals surface area contributed by atoms with Gasteiger partial charge < -0.3 is 0 Å². The number of rotatable bonds is 0. The van der Waals surface area contributed by atoms with Crippen molar-refractivity contribution in [3.63, 3.8) is 0 Å². The SMILES string of the molecule is [Ba+2].[Mn+2].[O]=[Cr](=[O])([O-])[O-].[O]=[Cr](=[O])([O-])[O-].[Pb+2]. The van der Waals surface area contributed by atoms with E-state index in [-0.39, 0.29) is 93.2 Å². The molecule has 3 radical (unpaired) electrons. The van der Waals surface area contributed by atoms with Gasteiger partial charge in [-0.15, -0.1) is 0 Å². The predicted octanol–water partition coefficient (Wildman–Crippen LogP) is -6.00. The van der Waals surface area contributed by atoms with E-state index in [0.717, 1.165) is 0 Å². The van der Waals surface area contributed by atoms with Crippen molar-refractivity contribution in [3.8, 4) is 0 Å². The number of hydrogen-bond acceptors (Lipinski definition) is 8. The third-order valence-electron chi connectivity index (χ3n) is 0. The molecule has 0 aliphatic heterocycles. The van der Waals surface area contributed by atoms with Crippen LogP contribution < -0.4 is 16.6 Å².